The third-order valence-electron chi connectivity index (χ3n) is 4.94. The van der Waals surface area contributed by atoms with Crippen molar-refractivity contribution in [1.29, 1.82) is 0 Å². The van der Waals surface area contributed by atoms with Crippen LogP contribution in [-0.2, 0) is 16.1 Å². The zero-order chi connectivity index (χ0) is 23.8. The van der Waals surface area contributed by atoms with Gasteiger partial charge in [0.2, 0.25) is 0 Å². The molecule has 1 fully saturated rings. The summed E-state index contributed by atoms with van der Waals surface area (Å²) in [5.41, 5.74) is 1.06. The maximum absolute atomic E-state index is 12.2. The Hall–Kier alpha value is -3.13. The average molecular weight is 471 g/mol. The molecule has 0 aliphatic carbocycles. The van der Waals surface area contributed by atoms with Crippen LogP contribution in [0.25, 0.3) is 0 Å². The molecule has 176 valence electrons. The summed E-state index contributed by atoms with van der Waals surface area (Å²) >= 11 is 5.41. The van der Waals surface area contributed by atoms with Gasteiger partial charge in [0.05, 0.1) is 0 Å². The van der Waals surface area contributed by atoms with Crippen LogP contribution in [0.1, 0.15) is 36.7 Å². The molecule has 1 heterocycles. The molecule has 0 N–H and O–H groups in total. The van der Waals surface area contributed by atoms with Crippen molar-refractivity contribution in [3.8, 4) is 5.75 Å². The van der Waals surface area contributed by atoms with Gasteiger partial charge in [0, 0.05) is 31.7 Å². The minimum Gasteiger partial charge on any atom is -0.485 e. The van der Waals surface area contributed by atoms with E-state index in [-0.39, 0.29) is 18.5 Å². The van der Waals surface area contributed by atoms with Gasteiger partial charge in [-0.05, 0) is 50.7 Å². The molecule has 1 aliphatic heterocycles. The van der Waals surface area contributed by atoms with E-state index in [0.29, 0.717) is 49.3 Å². The lowest BCUT2D eigenvalue weighted by atomic mass is 10.1. The first kappa shape index (κ1) is 24.5. The van der Waals surface area contributed by atoms with Crippen LogP contribution in [-0.4, -0.2) is 65.2 Å². The number of hydrogen-bond donors (Lipinski definition) is 0. The Balaban J connectivity index is 1.39. The normalized spacial score (nSPS) is 13.9. The van der Waals surface area contributed by atoms with Gasteiger partial charge in [-0.1, -0.05) is 42.5 Å². The van der Waals surface area contributed by atoms with Crippen molar-refractivity contribution in [2.45, 2.75) is 33.0 Å². The van der Waals surface area contributed by atoms with E-state index in [2.05, 4.69) is 0 Å². The van der Waals surface area contributed by atoms with E-state index in [1.807, 2.05) is 56.0 Å². The van der Waals surface area contributed by atoms with E-state index in [1.54, 1.807) is 29.2 Å². The number of ketones is 1. The van der Waals surface area contributed by atoms with Crippen molar-refractivity contribution < 1.29 is 23.8 Å². The fourth-order valence-electron chi connectivity index (χ4n) is 3.17. The van der Waals surface area contributed by atoms with Crippen LogP contribution in [0.3, 0.4) is 0 Å². The quantitative estimate of drug-likeness (QED) is 0.460. The summed E-state index contributed by atoms with van der Waals surface area (Å²) in [7, 11) is 0. The molecule has 7 nitrogen and oxygen atoms in total. The van der Waals surface area contributed by atoms with Crippen molar-refractivity contribution >= 4 is 29.3 Å². The number of rotatable bonds is 6. The lowest BCUT2D eigenvalue weighted by Gasteiger charge is -2.36. The smallest absolute Gasteiger partial charge is 0.410 e. The van der Waals surface area contributed by atoms with Crippen LogP contribution < -0.4 is 4.74 Å². The van der Waals surface area contributed by atoms with Crippen molar-refractivity contribution in [2.24, 2.45) is 0 Å². The summed E-state index contributed by atoms with van der Waals surface area (Å²) in [6.45, 7) is 8.14. The number of amides is 1. The number of Topliss-reactive ketones (excluding diaryl/α,β-unsaturated/α-hetero) is 1. The van der Waals surface area contributed by atoms with Crippen LogP contribution >= 0.6 is 12.2 Å². The summed E-state index contributed by atoms with van der Waals surface area (Å²) < 4.78 is 16.8. The summed E-state index contributed by atoms with van der Waals surface area (Å²) in [6.07, 6.45) is -0.304. The van der Waals surface area contributed by atoms with Gasteiger partial charge in [0.25, 0.3) is 5.17 Å². The first-order valence-corrected chi connectivity index (χ1v) is 11.3. The highest BCUT2D eigenvalue weighted by molar-refractivity contribution is 7.80. The molecule has 2 aromatic rings. The lowest BCUT2D eigenvalue weighted by Crippen LogP contribution is -2.51. The predicted molar refractivity (Wildman–Crippen MR) is 129 cm³/mol. The molecule has 8 heteroatoms. The average Bonchev–Trinajstić information content (AvgIpc) is 2.81. The molecule has 0 saturated carbocycles. The summed E-state index contributed by atoms with van der Waals surface area (Å²) in [5.74, 6) is 0.545. The topological polar surface area (TPSA) is 68.3 Å². The highest BCUT2D eigenvalue weighted by atomic mass is 32.1. The molecule has 2 aromatic carbocycles. The Bertz CT molecular complexity index is 949. The molecule has 0 radical (unpaired) electrons. The maximum Gasteiger partial charge on any atom is 0.410 e. The second kappa shape index (κ2) is 11.1. The van der Waals surface area contributed by atoms with Gasteiger partial charge < -0.3 is 24.0 Å². The van der Waals surface area contributed by atoms with E-state index in [0.717, 1.165) is 5.56 Å². The maximum atomic E-state index is 12.2. The van der Waals surface area contributed by atoms with Gasteiger partial charge >= 0.3 is 6.09 Å². The number of ether oxygens (including phenoxy) is 3. The Morgan fingerprint density at radius 1 is 0.909 bits per heavy atom. The fraction of sp³-hybridized carbons (Fsp3) is 0.400. The molecular formula is C25H30N2O5S. The van der Waals surface area contributed by atoms with Crippen LogP contribution in [0.4, 0.5) is 4.79 Å². The Kier molecular flexibility index (Phi) is 8.27. The van der Waals surface area contributed by atoms with Crippen LogP contribution in [0.5, 0.6) is 5.75 Å². The fourth-order valence-corrected chi connectivity index (χ4v) is 3.41. The minimum atomic E-state index is -0.509. The zero-order valence-electron chi connectivity index (χ0n) is 19.3. The molecule has 0 bridgehead atoms. The minimum absolute atomic E-state index is 0.0147. The van der Waals surface area contributed by atoms with Crippen molar-refractivity contribution in [1.82, 2.24) is 9.80 Å². The molecule has 1 aliphatic rings. The predicted octanol–water partition coefficient (Wildman–Crippen LogP) is 4.30. The first-order chi connectivity index (χ1) is 15.7. The number of piperazine rings is 1. The molecular weight excluding hydrogens is 440 g/mol. The van der Waals surface area contributed by atoms with Gasteiger partial charge in [-0.15, -0.1) is 0 Å². The van der Waals surface area contributed by atoms with E-state index >= 15 is 0 Å². The van der Waals surface area contributed by atoms with Gasteiger partial charge in [0.15, 0.2) is 12.4 Å². The van der Waals surface area contributed by atoms with Crippen molar-refractivity contribution in [3.63, 3.8) is 0 Å². The van der Waals surface area contributed by atoms with E-state index in [9.17, 15) is 9.59 Å². The monoisotopic (exact) mass is 470 g/mol. The van der Waals surface area contributed by atoms with Crippen molar-refractivity contribution in [3.05, 3.63) is 65.7 Å². The molecule has 0 aromatic heterocycles. The first-order valence-electron chi connectivity index (χ1n) is 10.9. The van der Waals surface area contributed by atoms with Gasteiger partial charge in [-0.25, -0.2) is 4.79 Å². The largest absolute Gasteiger partial charge is 0.485 e. The van der Waals surface area contributed by atoms with Crippen LogP contribution in [0.15, 0.2) is 54.6 Å². The van der Waals surface area contributed by atoms with E-state index < -0.39 is 5.60 Å². The van der Waals surface area contributed by atoms with Gasteiger partial charge in [-0.3, -0.25) is 4.79 Å². The van der Waals surface area contributed by atoms with Crippen molar-refractivity contribution in [2.75, 3.05) is 32.8 Å². The Labute approximate surface area is 200 Å². The second-order valence-electron chi connectivity index (χ2n) is 8.73. The van der Waals surface area contributed by atoms with Gasteiger partial charge in [-0.2, -0.15) is 0 Å². The third kappa shape index (κ3) is 7.75. The number of carbonyl (C=O) groups is 2. The zero-order valence-corrected chi connectivity index (χ0v) is 20.1. The molecule has 33 heavy (non-hydrogen) atoms. The highest BCUT2D eigenvalue weighted by Gasteiger charge is 2.27. The number of thiocarbonyl (C=S) groups is 1. The Morgan fingerprint density at radius 2 is 1.52 bits per heavy atom. The summed E-state index contributed by atoms with van der Waals surface area (Å²) in [4.78, 5) is 27.9. The molecule has 1 amide bonds. The highest BCUT2D eigenvalue weighted by Crippen LogP contribution is 2.15. The van der Waals surface area contributed by atoms with Crippen LogP contribution in [0.2, 0.25) is 0 Å². The molecule has 1 saturated heterocycles. The Morgan fingerprint density at radius 3 is 2.12 bits per heavy atom. The summed E-state index contributed by atoms with van der Waals surface area (Å²) in [5, 5.41) is 0.410. The SMILES string of the molecule is CC(C)(C)OC(=O)N1CCN(C(=S)OCc2ccc(OCC(=O)c3ccccc3)cc2)CC1. The molecule has 0 unspecified atom stereocenters. The molecule has 0 atom stereocenters. The number of carbonyl (C=O) groups excluding carboxylic acids is 2. The number of hydrogen-bond acceptors (Lipinski definition) is 6. The number of nitrogens with zero attached hydrogens (tertiary/aromatic N) is 2. The molecule has 0 spiro atoms. The standard InChI is InChI=1S/C25H30N2O5S/c1-25(2,3)32-23(29)26-13-15-27(16-14-26)24(33)31-17-19-9-11-21(12-10-19)30-18-22(28)20-7-5-4-6-8-20/h4-12H,13-18H2,1-3H3. The van der Waals surface area contributed by atoms with E-state index in [4.69, 9.17) is 26.4 Å². The summed E-state index contributed by atoms with van der Waals surface area (Å²) in [6, 6.07) is 16.4. The van der Waals surface area contributed by atoms with Gasteiger partial charge in [0.1, 0.15) is 18.0 Å². The van der Waals surface area contributed by atoms with Crippen LogP contribution in [0, 0.1) is 0 Å². The van der Waals surface area contributed by atoms with E-state index in [1.165, 1.54) is 0 Å². The second-order valence-corrected chi connectivity index (χ2v) is 9.08. The third-order valence-corrected chi connectivity index (χ3v) is 5.32. The lowest BCUT2D eigenvalue weighted by molar-refractivity contribution is 0.0174. The molecule has 3 rings (SSSR count). The number of benzene rings is 2.